The zero-order valence-corrected chi connectivity index (χ0v) is 11.7. The summed E-state index contributed by atoms with van der Waals surface area (Å²) < 4.78 is 0. The van der Waals surface area contributed by atoms with E-state index in [1.165, 1.54) is 34.3 Å². The SMILES string of the molecule is CON=C1CCCC(C)=C1c1cccc(C)c1C. The molecule has 1 aromatic carbocycles. The van der Waals surface area contributed by atoms with Gasteiger partial charge in [0.2, 0.25) is 0 Å². The van der Waals surface area contributed by atoms with Gasteiger partial charge in [0.25, 0.3) is 0 Å². The normalized spacial score (nSPS) is 18.3. The lowest BCUT2D eigenvalue weighted by Gasteiger charge is -2.21. The van der Waals surface area contributed by atoms with Gasteiger partial charge in [0.15, 0.2) is 0 Å². The Kier molecular flexibility index (Phi) is 3.85. The summed E-state index contributed by atoms with van der Waals surface area (Å²) in [5.41, 5.74) is 7.79. The first kappa shape index (κ1) is 12.9. The van der Waals surface area contributed by atoms with Gasteiger partial charge in [-0.25, -0.2) is 0 Å². The van der Waals surface area contributed by atoms with E-state index in [2.05, 4.69) is 44.1 Å². The van der Waals surface area contributed by atoms with Crippen molar-refractivity contribution in [2.75, 3.05) is 7.11 Å². The fourth-order valence-electron chi connectivity index (χ4n) is 2.63. The van der Waals surface area contributed by atoms with Crippen LogP contribution in [0.4, 0.5) is 0 Å². The third-order valence-electron chi connectivity index (χ3n) is 3.76. The molecule has 2 rings (SSSR count). The second-order valence-corrected chi connectivity index (χ2v) is 4.98. The first-order chi connectivity index (χ1) is 8.65. The number of hydrogen-bond acceptors (Lipinski definition) is 2. The second-order valence-electron chi connectivity index (χ2n) is 4.98. The molecule has 0 bridgehead atoms. The Bertz CT molecular complexity index is 512. The van der Waals surface area contributed by atoms with Crippen LogP contribution >= 0.6 is 0 Å². The topological polar surface area (TPSA) is 21.6 Å². The largest absolute Gasteiger partial charge is 0.399 e. The maximum atomic E-state index is 5.01. The maximum absolute atomic E-state index is 5.01. The van der Waals surface area contributed by atoms with Crippen molar-refractivity contribution in [3.8, 4) is 0 Å². The minimum absolute atomic E-state index is 1.01. The van der Waals surface area contributed by atoms with Gasteiger partial charge in [0, 0.05) is 5.57 Å². The predicted octanol–water partition coefficient (Wildman–Crippen LogP) is 4.26. The highest BCUT2D eigenvalue weighted by molar-refractivity contribution is 6.25. The molecule has 0 heterocycles. The van der Waals surface area contributed by atoms with Crippen LogP contribution in [0, 0.1) is 13.8 Å². The van der Waals surface area contributed by atoms with Crippen molar-refractivity contribution in [2.24, 2.45) is 5.16 Å². The van der Waals surface area contributed by atoms with Crippen molar-refractivity contribution in [2.45, 2.75) is 40.0 Å². The Labute approximate surface area is 109 Å². The van der Waals surface area contributed by atoms with Gasteiger partial charge in [-0.15, -0.1) is 0 Å². The van der Waals surface area contributed by atoms with Crippen molar-refractivity contribution in [1.29, 1.82) is 0 Å². The molecule has 0 N–H and O–H groups in total. The molecule has 1 aliphatic rings. The summed E-state index contributed by atoms with van der Waals surface area (Å²) in [5, 5.41) is 4.22. The van der Waals surface area contributed by atoms with Gasteiger partial charge in [-0.2, -0.15) is 0 Å². The second kappa shape index (κ2) is 5.38. The summed E-state index contributed by atoms with van der Waals surface area (Å²) >= 11 is 0. The van der Waals surface area contributed by atoms with Gasteiger partial charge in [-0.1, -0.05) is 28.9 Å². The zero-order valence-electron chi connectivity index (χ0n) is 11.7. The summed E-state index contributed by atoms with van der Waals surface area (Å²) in [6.45, 7) is 6.55. The first-order valence-electron chi connectivity index (χ1n) is 6.52. The number of nitrogens with zero attached hydrogens (tertiary/aromatic N) is 1. The van der Waals surface area contributed by atoms with Crippen LogP contribution in [0.3, 0.4) is 0 Å². The Balaban J connectivity index is 2.58. The molecule has 1 aromatic rings. The van der Waals surface area contributed by atoms with E-state index < -0.39 is 0 Å². The summed E-state index contributed by atoms with van der Waals surface area (Å²) in [7, 11) is 1.62. The molecule has 0 atom stereocenters. The molecule has 0 aliphatic heterocycles. The molecule has 0 spiro atoms. The van der Waals surface area contributed by atoms with E-state index in [-0.39, 0.29) is 0 Å². The van der Waals surface area contributed by atoms with Crippen LogP contribution in [0.2, 0.25) is 0 Å². The standard InChI is InChI=1S/C16H21NO/c1-11-7-5-9-14(13(11)3)16-12(2)8-6-10-15(16)17-18-4/h5,7,9H,6,8,10H2,1-4H3. The van der Waals surface area contributed by atoms with E-state index in [0.717, 1.165) is 18.6 Å². The van der Waals surface area contributed by atoms with Crippen LogP contribution in [0.1, 0.15) is 42.9 Å². The van der Waals surface area contributed by atoms with Gasteiger partial charge in [-0.3, -0.25) is 0 Å². The van der Waals surface area contributed by atoms with Gasteiger partial charge >= 0.3 is 0 Å². The van der Waals surface area contributed by atoms with Gasteiger partial charge in [0.1, 0.15) is 7.11 Å². The summed E-state index contributed by atoms with van der Waals surface area (Å²) in [5.74, 6) is 0. The summed E-state index contributed by atoms with van der Waals surface area (Å²) in [4.78, 5) is 5.01. The highest BCUT2D eigenvalue weighted by Crippen LogP contribution is 2.32. The molecule has 2 heteroatoms. The van der Waals surface area contributed by atoms with E-state index in [9.17, 15) is 0 Å². The number of allylic oxidation sites excluding steroid dienone is 2. The molecule has 1 aliphatic carbocycles. The van der Waals surface area contributed by atoms with Crippen LogP contribution in [-0.4, -0.2) is 12.8 Å². The lowest BCUT2D eigenvalue weighted by atomic mass is 9.84. The number of hydrogen-bond donors (Lipinski definition) is 0. The molecular weight excluding hydrogens is 222 g/mol. The molecule has 0 aromatic heterocycles. The molecule has 0 saturated carbocycles. The first-order valence-corrected chi connectivity index (χ1v) is 6.52. The molecule has 0 fully saturated rings. The highest BCUT2D eigenvalue weighted by Gasteiger charge is 2.20. The summed E-state index contributed by atoms with van der Waals surface area (Å²) in [6.07, 6.45) is 3.34. The Morgan fingerprint density at radius 3 is 2.61 bits per heavy atom. The van der Waals surface area contributed by atoms with E-state index >= 15 is 0 Å². The third-order valence-corrected chi connectivity index (χ3v) is 3.76. The lowest BCUT2D eigenvalue weighted by molar-refractivity contribution is 0.213. The van der Waals surface area contributed by atoms with Crippen molar-refractivity contribution in [1.82, 2.24) is 0 Å². The minimum atomic E-state index is 1.01. The molecule has 0 radical (unpaired) electrons. The molecule has 0 amide bonds. The third kappa shape index (κ3) is 2.33. The molecule has 18 heavy (non-hydrogen) atoms. The summed E-state index contributed by atoms with van der Waals surface area (Å²) in [6, 6.07) is 6.47. The van der Waals surface area contributed by atoms with Crippen molar-refractivity contribution in [3.05, 3.63) is 40.5 Å². The Morgan fingerprint density at radius 2 is 1.89 bits per heavy atom. The fraction of sp³-hybridized carbons (Fsp3) is 0.438. The fourth-order valence-corrected chi connectivity index (χ4v) is 2.63. The molecule has 0 unspecified atom stereocenters. The number of rotatable bonds is 2. The average Bonchev–Trinajstić information content (AvgIpc) is 2.34. The van der Waals surface area contributed by atoms with Gasteiger partial charge in [-0.05, 0) is 56.7 Å². The van der Waals surface area contributed by atoms with Crippen molar-refractivity contribution in [3.63, 3.8) is 0 Å². The monoisotopic (exact) mass is 243 g/mol. The van der Waals surface area contributed by atoms with Crippen LogP contribution in [0.25, 0.3) is 5.57 Å². The molecule has 2 nitrogen and oxygen atoms in total. The van der Waals surface area contributed by atoms with Crippen LogP contribution in [-0.2, 0) is 4.84 Å². The molecule has 96 valence electrons. The number of benzene rings is 1. The minimum Gasteiger partial charge on any atom is -0.399 e. The molecule has 0 saturated heterocycles. The number of oxime groups is 1. The van der Waals surface area contributed by atoms with E-state index in [1.54, 1.807) is 7.11 Å². The predicted molar refractivity (Wildman–Crippen MR) is 76.8 cm³/mol. The van der Waals surface area contributed by atoms with Crippen LogP contribution < -0.4 is 0 Å². The lowest BCUT2D eigenvalue weighted by Crippen LogP contribution is -2.12. The van der Waals surface area contributed by atoms with E-state index in [1.807, 2.05) is 0 Å². The van der Waals surface area contributed by atoms with Gasteiger partial charge < -0.3 is 4.84 Å². The quantitative estimate of drug-likeness (QED) is 0.711. The smallest absolute Gasteiger partial charge is 0.106 e. The average molecular weight is 243 g/mol. The van der Waals surface area contributed by atoms with Crippen LogP contribution in [0.5, 0.6) is 0 Å². The zero-order chi connectivity index (χ0) is 13.1. The van der Waals surface area contributed by atoms with E-state index in [0.29, 0.717) is 0 Å². The maximum Gasteiger partial charge on any atom is 0.106 e. The molecular formula is C16H21NO. The Hall–Kier alpha value is -1.57. The van der Waals surface area contributed by atoms with Gasteiger partial charge in [0.05, 0.1) is 5.71 Å². The highest BCUT2D eigenvalue weighted by atomic mass is 16.6. The van der Waals surface area contributed by atoms with Crippen molar-refractivity contribution >= 4 is 11.3 Å². The Morgan fingerprint density at radius 1 is 1.11 bits per heavy atom. The van der Waals surface area contributed by atoms with Crippen LogP contribution in [0.15, 0.2) is 28.9 Å². The number of aryl methyl sites for hydroxylation is 1. The van der Waals surface area contributed by atoms with E-state index in [4.69, 9.17) is 4.84 Å². The van der Waals surface area contributed by atoms with Crippen molar-refractivity contribution < 1.29 is 4.84 Å².